The number of benzene rings is 1. The number of hydrogen-bond acceptors (Lipinski definition) is 6. The van der Waals surface area contributed by atoms with Crippen LogP contribution in [0.25, 0.3) is 0 Å². The van der Waals surface area contributed by atoms with Crippen molar-refractivity contribution in [1.29, 1.82) is 0 Å². The topological polar surface area (TPSA) is 70.1 Å². The second-order valence-electron chi connectivity index (χ2n) is 7.90. The van der Waals surface area contributed by atoms with Crippen molar-refractivity contribution in [3.8, 4) is 5.75 Å². The maximum Gasteiger partial charge on any atom is 0.290 e. The van der Waals surface area contributed by atoms with Crippen LogP contribution in [0.15, 0.2) is 53.1 Å². The quantitative estimate of drug-likeness (QED) is 0.411. The molecule has 0 saturated carbocycles. The Labute approximate surface area is 187 Å². The molecule has 2 aromatic rings. The molecule has 3 rings (SSSR count). The van der Waals surface area contributed by atoms with E-state index in [4.69, 9.17) is 4.74 Å². The molecule has 31 heavy (non-hydrogen) atoms. The Balaban J connectivity index is 1.96. The van der Waals surface area contributed by atoms with Crippen molar-refractivity contribution in [3.63, 3.8) is 0 Å². The van der Waals surface area contributed by atoms with Gasteiger partial charge in [0.25, 0.3) is 5.91 Å². The number of ketones is 1. The van der Waals surface area contributed by atoms with E-state index in [2.05, 4.69) is 6.92 Å². The number of carbonyl (C=O) groups excluding carboxylic acids is 2. The van der Waals surface area contributed by atoms with Crippen molar-refractivity contribution in [1.82, 2.24) is 9.80 Å². The van der Waals surface area contributed by atoms with E-state index < -0.39 is 17.7 Å². The molecule has 1 aromatic heterocycles. The molecule has 166 valence electrons. The lowest BCUT2D eigenvalue weighted by Gasteiger charge is -2.27. The summed E-state index contributed by atoms with van der Waals surface area (Å²) in [4.78, 5) is 30.4. The van der Waals surface area contributed by atoms with Crippen LogP contribution in [0.3, 0.4) is 0 Å². The van der Waals surface area contributed by atoms with Gasteiger partial charge in [-0.25, -0.2) is 0 Å². The van der Waals surface area contributed by atoms with Crippen LogP contribution in [0.4, 0.5) is 0 Å². The van der Waals surface area contributed by atoms with Gasteiger partial charge >= 0.3 is 0 Å². The summed E-state index contributed by atoms with van der Waals surface area (Å²) in [6.07, 6.45) is 2.72. The first-order chi connectivity index (χ1) is 14.9. The second kappa shape index (κ2) is 10.6. The molecule has 1 aliphatic rings. The van der Waals surface area contributed by atoms with Crippen LogP contribution in [0.2, 0.25) is 0 Å². The van der Waals surface area contributed by atoms with Gasteiger partial charge in [0.15, 0.2) is 5.76 Å². The monoisotopic (exact) mass is 442 g/mol. The highest BCUT2D eigenvalue weighted by atomic mass is 32.1. The molecule has 0 aliphatic carbocycles. The highest BCUT2D eigenvalue weighted by molar-refractivity contribution is 7.12. The Hall–Kier alpha value is -2.64. The molecule has 0 radical (unpaired) electrons. The lowest BCUT2D eigenvalue weighted by Crippen LogP contribution is -2.33. The molecular formula is C24H30N2O4S. The normalized spacial score (nSPS) is 16.5. The number of nitrogens with zero attached hydrogens (tertiary/aromatic N) is 2. The van der Waals surface area contributed by atoms with Crippen LogP contribution >= 0.6 is 11.3 Å². The maximum absolute atomic E-state index is 13.2. The average molecular weight is 443 g/mol. The molecule has 0 saturated heterocycles. The molecule has 0 bridgehead atoms. The zero-order chi connectivity index (χ0) is 22.4. The fourth-order valence-corrected chi connectivity index (χ4v) is 4.35. The zero-order valence-corrected chi connectivity index (χ0v) is 19.2. The summed E-state index contributed by atoms with van der Waals surface area (Å²) in [6, 6.07) is 10.3. The number of amides is 1. The van der Waals surface area contributed by atoms with Crippen LogP contribution in [0.1, 0.15) is 47.5 Å². The summed E-state index contributed by atoms with van der Waals surface area (Å²) in [5.41, 5.74) is 0.902. The summed E-state index contributed by atoms with van der Waals surface area (Å²) >= 11 is 1.30. The molecule has 6 nitrogen and oxygen atoms in total. The van der Waals surface area contributed by atoms with Crippen molar-refractivity contribution in [2.75, 3.05) is 33.8 Å². The molecule has 7 heteroatoms. The van der Waals surface area contributed by atoms with E-state index >= 15 is 0 Å². The molecule has 0 fully saturated rings. The Kier molecular flexibility index (Phi) is 7.87. The van der Waals surface area contributed by atoms with Gasteiger partial charge in [0.2, 0.25) is 5.78 Å². The van der Waals surface area contributed by atoms with E-state index in [1.165, 1.54) is 11.3 Å². The summed E-state index contributed by atoms with van der Waals surface area (Å²) in [6.45, 7) is 3.95. The minimum atomic E-state index is -0.640. The lowest BCUT2D eigenvalue weighted by atomic mass is 9.95. The fourth-order valence-electron chi connectivity index (χ4n) is 3.67. The average Bonchev–Trinajstić information content (AvgIpc) is 3.37. The van der Waals surface area contributed by atoms with Crippen LogP contribution in [-0.4, -0.2) is 60.4 Å². The van der Waals surface area contributed by atoms with Crippen molar-refractivity contribution < 1.29 is 19.4 Å². The van der Waals surface area contributed by atoms with Gasteiger partial charge in [-0.1, -0.05) is 31.5 Å². The fraction of sp³-hybridized carbons (Fsp3) is 0.417. The Morgan fingerprint density at radius 1 is 1.23 bits per heavy atom. The first kappa shape index (κ1) is 23.0. The van der Waals surface area contributed by atoms with Crippen LogP contribution < -0.4 is 4.74 Å². The smallest absolute Gasteiger partial charge is 0.290 e. The molecule has 1 aromatic carbocycles. The number of aliphatic hydroxyl groups excluding tert-OH is 1. The van der Waals surface area contributed by atoms with Crippen molar-refractivity contribution >= 4 is 23.0 Å². The summed E-state index contributed by atoms with van der Waals surface area (Å²) < 4.78 is 5.84. The summed E-state index contributed by atoms with van der Waals surface area (Å²) in [5, 5.41) is 12.5. The first-order valence-electron chi connectivity index (χ1n) is 10.6. The van der Waals surface area contributed by atoms with Gasteiger partial charge in [-0.05, 0) is 62.6 Å². The number of thiophene rings is 1. The van der Waals surface area contributed by atoms with Gasteiger partial charge in [-0.3, -0.25) is 9.59 Å². The van der Waals surface area contributed by atoms with Gasteiger partial charge in [0.1, 0.15) is 5.75 Å². The van der Waals surface area contributed by atoms with Gasteiger partial charge in [0.05, 0.1) is 23.1 Å². The Morgan fingerprint density at radius 3 is 2.71 bits per heavy atom. The number of unbranched alkanes of at least 4 members (excludes halogenated alkanes) is 1. The molecule has 1 unspecified atom stereocenters. The highest BCUT2D eigenvalue weighted by Crippen LogP contribution is 2.40. The molecule has 1 amide bonds. The summed E-state index contributed by atoms with van der Waals surface area (Å²) in [5.74, 6) is -0.564. The van der Waals surface area contributed by atoms with Crippen molar-refractivity contribution in [3.05, 3.63) is 63.6 Å². The van der Waals surface area contributed by atoms with Gasteiger partial charge < -0.3 is 19.6 Å². The molecule has 0 spiro atoms. The molecule has 1 N–H and O–H groups in total. The number of hydrogen-bond donors (Lipinski definition) is 1. The van der Waals surface area contributed by atoms with E-state index in [-0.39, 0.29) is 11.4 Å². The van der Waals surface area contributed by atoms with E-state index in [0.717, 1.165) is 31.4 Å². The number of carbonyl (C=O) groups is 2. The maximum atomic E-state index is 13.2. The molecular weight excluding hydrogens is 412 g/mol. The predicted octanol–water partition coefficient (Wildman–Crippen LogP) is 4.46. The van der Waals surface area contributed by atoms with Crippen LogP contribution in [0, 0.1) is 0 Å². The number of rotatable bonds is 11. The molecule has 2 heterocycles. The van der Waals surface area contributed by atoms with E-state index in [0.29, 0.717) is 23.8 Å². The van der Waals surface area contributed by atoms with Crippen LogP contribution in [-0.2, 0) is 4.79 Å². The minimum Gasteiger partial charge on any atom is -0.503 e. The third-order valence-electron chi connectivity index (χ3n) is 5.24. The Morgan fingerprint density at radius 2 is 2.03 bits per heavy atom. The van der Waals surface area contributed by atoms with E-state index in [9.17, 15) is 14.7 Å². The third kappa shape index (κ3) is 5.35. The lowest BCUT2D eigenvalue weighted by molar-refractivity contribution is -0.129. The first-order valence-corrected chi connectivity index (χ1v) is 11.5. The zero-order valence-electron chi connectivity index (χ0n) is 18.3. The number of Topliss-reactive ketones (excluding diaryl/α,β-unsaturated/α-hetero) is 1. The van der Waals surface area contributed by atoms with Crippen LogP contribution in [0.5, 0.6) is 5.75 Å². The standard InChI is InChI=1S/C24H30N2O4S/c1-4-5-14-30-18-10-6-9-17(16-18)21-20(22(27)19-11-7-15-31-19)23(28)24(29)26(21)13-8-12-25(2)3/h6-7,9-11,15-16,21,28H,4-5,8,12-14H2,1-3H3. The second-order valence-corrected chi connectivity index (χ2v) is 8.85. The largest absolute Gasteiger partial charge is 0.503 e. The molecule has 1 aliphatic heterocycles. The number of ether oxygens (including phenoxy) is 1. The molecule has 1 atom stereocenters. The van der Waals surface area contributed by atoms with E-state index in [1.54, 1.807) is 17.0 Å². The van der Waals surface area contributed by atoms with Gasteiger partial charge in [-0.2, -0.15) is 0 Å². The van der Waals surface area contributed by atoms with Crippen molar-refractivity contribution in [2.45, 2.75) is 32.2 Å². The predicted molar refractivity (Wildman–Crippen MR) is 123 cm³/mol. The van der Waals surface area contributed by atoms with E-state index in [1.807, 2.05) is 48.6 Å². The van der Waals surface area contributed by atoms with Gasteiger partial charge in [-0.15, -0.1) is 11.3 Å². The Bertz CT molecular complexity index is 937. The third-order valence-corrected chi connectivity index (χ3v) is 6.11. The summed E-state index contributed by atoms with van der Waals surface area (Å²) in [7, 11) is 3.95. The highest BCUT2D eigenvalue weighted by Gasteiger charge is 2.43. The SMILES string of the molecule is CCCCOc1cccc(C2C(C(=O)c3cccs3)=C(O)C(=O)N2CCCN(C)C)c1. The van der Waals surface area contributed by atoms with Crippen molar-refractivity contribution in [2.24, 2.45) is 0 Å². The number of aliphatic hydroxyl groups is 1. The minimum absolute atomic E-state index is 0.142. The van der Waals surface area contributed by atoms with Gasteiger partial charge in [0, 0.05) is 6.54 Å².